The molecule has 1 rings (SSSR count). The number of benzene rings is 1. The van der Waals surface area contributed by atoms with E-state index in [0.717, 1.165) is 10.9 Å². The molecule has 0 fully saturated rings. The van der Waals surface area contributed by atoms with Crippen molar-refractivity contribution in [2.75, 3.05) is 5.88 Å². The second-order valence-corrected chi connectivity index (χ2v) is 4.14. The van der Waals surface area contributed by atoms with E-state index in [4.69, 9.17) is 11.6 Å². The zero-order valence-corrected chi connectivity index (χ0v) is 10.4. The van der Waals surface area contributed by atoms with Crippen molar-refractivity contribution in [1.29, 1.82) is 0 Å². The van der Waals surface area contributed by atoms with Crippen molar-refractivity contribution < 1.29 is 4.79 Å². The SMILES string of the molecule is Cc1cc(CBr)cc(CC(=O)CCl)c1. The number of carbonyl (C=O) groups is 1. The van der Waals surface area contributed by atoms with Crippen LogP contribution >= 0.6 is 27.5 Å². The van der Waals surface area contributed by atoms with Gasteiger partial charge in [0.1, 0.15) is 0 Å². The molecule has 0 unspecified atom stereocenters. The maximum Gasteiger partial charge on any atom is 0.151 e. The van der Waals surface area contributed by atoms with Crippen molar-refractivity contribution >= 4 is 33.3 Å². The number of alkyl halides is 2. The van der Waals surface area contributed by atoms with Gasteiger partial charge < -0.3 is 0 Å². The van der Waals surface area contributed by atoms with Gasteiger partial charge in [0.2, 0.25) is 0 Å². The number of ketones is 1. The van der Waals surface area contributed by atoms with E-state index >= 15 is 0 Å². The minimum atomic E-state index is 0.0674. The van der Waals surface area contributed by atoms with Crippen molar-refractivity contribution in [3.8, 4) is 0 Å². The van der Waals surface area contributed by atoms with Crippen LogP contribution in [0.2, 0.25) is 0 Å². The van der Waals surface area contributed by atoms with Gasteiger partial charge in [-0.1, -0.05) is 39.7 Å². The lowest BCUT2D eigenvalue weighted by molar-refractivity contribution is -0.116. The predicted molar refractivity (Wildman–Crippen MR) is 63.2 cm³/mol. The molecule has 0 atom stereocenters. The predicted octanol–water partition coefficient (Wildman–Crippen LogP) is 3.24. The van der Waals surface area contributed by atoms with Crippen LogP contribution in [0.15, 0.2) is 18.2 Å². The highest BCUT2D eigenvalue weighted by Crippen LogP contribution is 2.13. The Morgan fingerprint density at radius 3 is 2.57 bits per heavy atom. The van der Waals surface area contributed by atoms with E-state index in [0.29, 0.717) is 6.42 Å². The molecule has 1 aromatic carbocycles. The molecule has 0 aromatic heterocycles. The molecule has 3 heteroatoms. The van der Waals surface area contributed by atoms with Crippen LogP contribution in [0.5, 0.6) is 0 Å². The number of hydrogen-bond acceptors (Lipinski definition) is 1. The summed E-state index contributed by atoms with van der Waals surface area (Å²) in [4.78, 5) is 11.1. The molecule has 0 N–H and O–H groups in total. The molecular weight excluding hydrogens is 263 g/mol. The van der Waals surface area contributed by atoms with Gasteiger partial charge in [-0.2, -0.15) is 0 Å². The monoisotopic (exact) mass is 274 g/mol. The molecule has 0 saturated heterocycles. The van der Waals surface area contributed by atoms with Crippen LogP contribution in [0.1, 0.15) is 16.7 Å². The van der Waals surface area contributed by atoms with E-state index in [1.165, 1.54) is 11.1 Å². The summed E-state index contributed by atoms with van der Waals surface area (Å²) in [6.07, 6.45) is 0.436. The van der Waals surface area contributed by atoms with E-state index in [-0.39, 0.29) is 11.7 Å². The summed E-state index contributed by atoms with van der Waals surface area (Å²) in [5, 5.41) is 0.816. The van der Waals surface area contributed by atoms with E-state index in [1.807, 2.05) is 19.1 Å². The summed E-state index contributed by atoms with van der Waals surface area (Å²) in [5.74, 6) is 0.162. The molecule has 1 aromatic rings. The van der Waals surface area contributed by atoms with E-state index in [2.05, 4.69) is 22.0 Å². The van der Waals surface area contributed by atoms with Crippen LogP contribution in [0.4, 0.5) is 0 Å². The first-order valence-electron chi connectivity index (χ1n) is 4.38. The zero-order valence-electron chi connectivity index (χ0n) is 8.02. The van der Waals surface area contributed by atoms with Gasteiger partial charge in [0.25, 0.3) is 0 Å². The normalized spacial score (nSPS) is 10.2. The number of Topliss-reactive ketones (excluding diaryl/α,β-unsaturated/α-hetero) is 1. The fourth-order valence-electron chi connectivity index (χ4n) is 1.40. The number of hydrogen-bond donors (Lipinski definition) is 0. The quantitative estimate of drug-likeness (QED) is 0.771. The van der Waals surface area contributed by atoms with Gasteiger partial charge in [-0.3, -0.25) is 4.79 Å². The smallest absolute Gasteiger partial charge is 0.151 e. The summed E-state index contributed by atoms with van der Waals surface area (Å²) < 4.78 is 0. The highest BCUT2D eigenvalue weighted by atomic mass is 79.9. The van der Waals surface area contributed by atoms with Crippen molar-refractivity contribution in [2.45, 2.75) is 18.7 Å². The molecule has 0 radical (unpaired) electrons. The maximum absolute atomic E-state index is 11.1. The average molecular weight is 276 g/mol. The summed E-state index contributed by atoms with van der Waals surface area (Å²) in [6, 6.07) is 6.16. The van der Waals surface area contributed by atoms with Crippen LogP contribution in [-0.2, 0) is 16.5 Å². The Bertz CT molecular complexity index is 336. The molecule has 0 bridgehead atoms. The lowest BCUT2D eigenvalue weighted by atomic mass is 10.0. The Hall–Kier alpha value is -0.340. The second kappa shape index (κ2) is 5.52. The van der Waals surface area contributed by atoms with Crippen molar-refractivity contribution in [3.05, 3.63) is 34.9 Å². The Morgan fingerprint density at radius 2 is 2.00 bits per heavy atom. The van der Waals surface area contributed by atoms with Crippen LogP contribution in [0.25, 0.3) is 0 Å². The van der Waals surface area contributed by atoms with E-state index in [1.54, 1.807) is 0 Å². The molecule has 1 nitrogen and oxygen atoms in total. The summed E-state index contributed by atoms with van der Waals surface area (Å²) >= 11 is 8.85. The fraction of sp³-hybridized carbons (Fsp3) is 0.364. The Labute approximate surface area is 97.6 Å². The molecule has 0 spiro atoms. The first-order chi connectivity index (χ1) is 6.65. The first kappa shape index (κ1) is 11.7. The molecule has 0 aliphatic carbocycles. The van der Waals surface area contributed by atoms with Crippen molar-refractivity contribution in [3.63, 3.8) is 0 Å². The molecule has 0 aliphatic rings. The average Bonchev–Trinajstić information content (AvgIpc) is 2.16. The first-order valence-corrected chi connectivity index (χ1v) is 6.04. The van der Waals surface area contributed by atoms with Crippen LogP contribution in [-0.4, -0.2) is 11.7 Å². The lowest BCUT2D eigenvalue weighted by Gasteiger charge is -2.04. The minimum Gasteiger partial charge on any atom is -0.298 e. The fourth-order valence-corrected chi connectivity index (χ4v) is 1.82. The zero-order chi connectivity index (χ0) is 10.6. The number of aryl methyl sites for hydroxylation is 1. The third-order valence-corrected chi connectivity index (χ3v) is 2.85. The standard InChI is InChI=1S/C11H12BrClO/c1-8-2-9(5-11(14)7-13)4-10(3-8)6-12/h2-4H,5-7H2,1H3. The van der Waals surface area contributed by atoms with Crippen molar-refractivity contribution in [1.82, 2.24) is 0 Å². The van der Waals surface area contributed by atoms with Gasteiger partial charge >= 0.3 is 0 Å². The molecule has 0 heterocycles. The summed E-state index contributed by atoms with van der Waals surface area (Å²) in [7, 11) is 0. The third-order valence-electron chi connectivity index (χ3n) is 1.90. The maximum atomic E-state index is 11.1. The van der Waals surface area contributed by atoms with Crippen LogP contribution < -0.4 is 0 Å². The minimum absolute atomic E-state index is 0.0674. The number of rotatable bonds is 4. The van der Waals surface area contributed by atoms with Gasteiger partial charge in [-0.15, -0.1) is 11.6 Å². The number of halogens is 2. The molecule has 76 valence electrons. The second-order valence-electron chi connectivity index (χ2n) is 3.31. The Kier molecular flexibility index (Phi) is 4.63. The van der Waals surface area contributed by atoms with Crippen molar-refractivity contribution in [2.24, 2.45) is 0 Å². The summed E-state index contributed by atoms with van der Waals surface area (Å²) in [5.41, 5.74) is 3.42. The van der Waals surface area contributed by atoms with Gasteiger partial charge in [0.05, 0.1) is 5.88 Å². The third kappa shape index (κ3) is 3.43. The van der Waals surface area contributed by atoms with Gasteiger partial charge in [-0.05, 0) is 18.1 Å². The molecule has 0 aliphatic heterocycles. The topological polar surface area (TPSA) is 17.1 Å². The van der Waals surface area contributed by atoms with Crippen LogP contribution in [0, 0.1) is 6.92 Å². The van der Waals surface area contributed by atoms with E-state index in [9.17, 15) is 4.79 Å². The van der Waals surface area contributed by atoms with Gasteiger partial charge in [0, 0.05) is 11.8 Å². The lowest BCUT2D eigenvalue weighted by Crippen LogP contribution is -2.04. The molecule has 0 saturated carbocycles. The van der Waals surface area contributed by atoms with Gasteiger partial charge in [-0.25, -0.2) is 0 Å². The highest BCUT2D eigenvalue weighted by molar-refractivity contribution is 9.08. The Balaban J connectivity index is 2.86. The summed E-state index contributed by atoms with van der Waals surface area (Å²) in [6.45, 7) is 2.03. The Morgan fingerprint density at radius 1 is 1.36 bits per heavy atom. The molecule has 0 amide bonds. The molecule has 14 heavy (non-hydrogen) atoms. The number of carbonyl (C=O) groups excluding carboxylic acids is 1. The van der Waals surface area contributed by atoms with Crippen LogP contribution in [0.3, 0.4) is 0 Å². The molecular formula is C11H12BrClO. The highest BCUT2D eigenvalue weighted by Gasteiger charge is 2.03. The largest absolute Gasteiger partial charge is 0.298 e. The van der Waals surface area contributed by atoms with Gasteiger partial charge in [0.15, 0.2) is 5.78 Å². The van der Waals surface area contributed by atoms with E-state index < -0.39 is 0 Å².